The summed E-state index contributed by atoms with van der Waals surface area (Å²) in [5.41, 5.74) is 4.07. The number of rotatable bonds is 0. The lowest BCUT2D eigenvalue weighted by Gasteiger charge is -2.15. The zero-order chi connectivity index (χ0) is 12.3. The minimum Gasteiger partial charge on any atom is -0.341 e. The van der Waals surface area contributed by atoms with Crippen LogP contribution >= 0.6 is 0 Å². The Hall–Kier alpha value is -1.38. The highest BCUT2D eigenvalue weighted by molar-refractivity contribution is 5.72. The van der Waals surface area contributed by atoms with Crippen molar-refractivity contribution in [2.75, 3.05) is 0 Å². The standard InChI is InChI=1S/C11H15N3.C2H6/c1-7-6-12-8-5-9(11(2,3)4)14-10(8)13-7;1-2/h5-6H,1-4H3,(H,13,14);1-2H3. The first-order valence-electron chi connectivity index (χ1n) is 5.80. The van der Waals surface area contributed by atoms with Gasteiger partial charge in [-0.3, -0.25) is 4.98 Å². The van der Waals surface area contributed by atoms with Gasteiger partial charge in [0.2, 0.25) is 0 Å². The van der Waals surface area contributed by atoms with Crippen LogP contribution in [0, 0.1) is 6.92 Å². The lowest BCUT2D eigenvalue weighted by molar-refractivity contribution is 0.574. The molecule has 0 saturated carbocycles. The minimum atomic E-state index is 0.121. The lowest BCUT2D eigenvalue weighted by atomic mass is 9.93. The van der Waals surface area contributed by atoms with E-state index in [1.54, 1.807) is 6.20 Å². The van der Waals surface area contributed by atoms with Gasteiger partial charge >= 0.3 is 0 Å². The summed E-state index contributed by atoms with van der Waals surface area (Å²) in [5.74, 6) is 0. The molecule has 0 aromatic carbocycles. The van der Waals surface area contributed by atoms with Gasteiger partial charge in [-0.15, -0.1) is 0 Å². The molecule has 0 amide bonds. The summed E-state index contributed by atoms with van der Waals surface area (Å²) < 4.78 is 0. The Bertz CT molecular complexity index is 463. The maximum atomic E-state index is 4.39. The first-order valence-corrected chi connectivity index (χ1v) is 5.80. The summed E-state index contributed by atoms with van der Waals surface area (Å²) in [7, 11) is 0. The maximum absolute atomic E-state index is 4.39. The van der Waals surface area contributed by atoms with Crippen molar-refractivity contribution in [2.24, 2.45) is 0 Å². The molecule has 2 rings (SSSR count). The molecule has 0 fully saturated rings. The van der Waals surface area contributed by atoms with E-state index in [-0.39, 0.29) is 5.41 Å². The topological polar surface area (TPSA) is 41.6 Å². The van der Waals surface area contributed by atoms with Crippen LogP contribution in [-0.2, 0) is 5.41 Å². The number of aryl methyl sites for hydroxylation is 1. The van der Waals surface area contributed by atoms with Crippen LogP contribution < -0.4 is 0 Å². The molecule has 0 aliphatic rings. The third-order valence-corrected chi connectivity index (χ3v) is 2.26. The van der Waals surface area contributed by atoms with E-state index in [0.717, 1.165) is 16.9 Å². The van der Waals surface area contributed by atoms with Gasteiger partial charge in [0.15, 0.2) is 5.65 Å². The van der Waals surface area contributed by atoms with Crippen LogP contribution in [0.3, 0.4) is 0 Å². The van der Waals surface area contributed by atoms with Gasteiger partial charge in [0, 0.05) is 17.3 Å². The van der Waals surface area contributed by atoms with E-state index in [0.29, 0.717) is 0 Å². The Balaban J connectivity index is 0.000000606. The van der Waals surface area contributed by atoms with Crippen LogP contribution in [0.4, 0.5) is 0 Å². The first-order chi connectivity index (χ1) is 7.47. The molecule has 88 valence electrons. The van der Waals surface area contributed by atoms with E-state index in [1.165, 1.54) is 5.69 Å². The third-order valence-electron chi connectivity index (χ3n) is 2.26. The monoisotopic (exact) mass is 219 g/mol. The quantitative estimate of drug-likeness (QED) is 0.735. The average Bonchev–Trinajstić information content (AvgIpc) is 2.63. The molecule has 0 aliphatic heterocycles. The molecule has 0 unspecified atom stereocenters. The lowest BCUT2D eigenvalue weighted by Crippen LogP contribution is -2.11. The average molecular weight is 219 g/mol. The highest BCUT2D eigenvalue weighted by Gasteiger charge is 2.16. The first kappa shape index (κ1) is 12.7. The molecule has 1 N–H and O–H groups in total. The van der Waals surface area contributed by atoms with Crippen molar-refractivity contribution in [3.05, 3.63) is 23.7 Å². The minimum absolute atomic E-state index is 0.121. The number of fused-ring (bicyclic) bond motifs is 1. The molecule has 0 saturated heterocycles. The van der Waals surface area contributed by atoms with E-state index in [9.17, 15) is 0 Å². The fourth-order valence-electron chi connectivity index (χ4n) is 1.39. The Kier molecular flexibility index (Phi) is 3.68. The van der Waals surface area contributed by atoms with E-state index < -0.39 is 0 Å². The molecule has 16 heavy (non-hydrogen) atoms. The fourth-order valence-corrected chi connectivity index (χ4v) is 1.39. The summed E-state index contributed by atoms with van der Waals surface area (Å²) >= 11 is 0. The highest BCUT2D eigenvalue weighted by atomic mass is 14.9. The second kappa shape index (κ2) is 4.64. The van der Waals surface area contributed by atoms with Gasteiger partial charge in [0.1, 0.15) is 5.52 Å². The van der Waals surface area contributed by atoms with Gasteiger partial charge in [-0.05, 0) is 13.0 Å². The van der Waals surface area contributed by atoms with E-state index in [2.05, 4.69) is 41.8 Å². The number of hydrogen-bond acceptors (Lipinski definition) is 2. The van der Waals surface area contributed by atoms with Crippen LogP contribution in [0.5, 0.6) is 0 Å². The zero-order valence-corrected chi connectivity index (χ0v) is 11.0. The second-order valence-electron chi connectivity index (χ2n) is 4.68. The zero-order valence-electron chi connectivity index (χ0n) is 11.0. The molecule has 3 nitrogen and oxygen atoms in total. The van der Waals surface area contributed by atoms with Crippen molar-refractivity contribution in [2.45, 2.75) is 47.0 Å². The smallest absolute Gasteiger partial charge is 0.156 e. The van der Waals surface area contributed by atoms with Crippen molar-refractivity contribution in [3.63, 3.8) is 0 Å². The normalized spacial score (nSPS) is 11.1. The highest BCUT2D eigenvalue weighted by Crippen LogP contribution is 2.23. The van der Waals surface area contributed by atoms with Gasteiger partial charge < -0.3 is 4.98 Å². The summed E-state index contributed by atoms with van der Waals surface area (Å²) in [6.07, 6.45) is 1.79. The summed E-state index contributed by atoms with van der Waals surface area (Å²) in [5, 5.41) is 0. The number of H-pyrrole nitrogens is 1. The number of nitrogens with one attached hydrogen (secondary N) is 1. The fraction of sp³-hybridized carbons (Fsp3) is 0.538. The van der Waals surface area contributed by atoms with E-state index in [4.69, 9.17) is 0 Å². The van der Waals surface area contributed by atoms with Crippen molar-refractivity contribution < 1.29 is 0 Å². The van der Waals surface area contributed by atoms with Crippen molar-refractivity contribution in [1.82, 2.24) is 15.0 Å². The Labute approximate surface area is 97.3 Å². The summed E-state index contributed by atoms with van der Waals surface area (Å²) in [6.45, 7) is 12.5. The number of aromatic nitrogens is 3. The van der Waals surface area contributed by atoms with Crippen molar-refractivity contribution >= 4 is 11.2 Å². The van der Waals surface area contributed by atoms with Gasteiger partial charge in [-0.2, -0.15) is 0 Å². The Morgan fingerprint density at radius 3 is 2.38 bits per heavy atom. The SMILES string of the molecule is CC.Cc1cnc2cc(C(C)(C)C)[nH]c2n1. The van der Waals surface area contributed by atoms with Gasteiger partial charge in [-0.25, -0.2) is 4.98 Å². The van der Waals surface area contributed by atoms with Crippen LogP contribution in [0.25, 0.3) is 11.2 Å². The van der Waals surface area contributed by atoms with Crippen LogP contribution in [0.2, 0.25) is 0 Å². The third kappa shape index (κ3) is 2.60. The van der Waals surface area contributed by atoms with Crippen LogP contribution in [-0.4, -0.2) is 15.0 Å². The number of nitrogens with zero attached hydrogens (tertiary/aromatic N) is 2. The summed E-state index contributed by atoms with van der Waals surface area (Å²) in [4.78, 5) is 12.0. The summed E-state index contributed by atoms with van der Waals surface area (Å²) in [6, 6.07) is 2.07. The molecule has 2 heterocycles. The molecule has 0 aliphatic carbocycles. The predicted octanol–water partition coefficient (Wildman–Crippen LogP) is 3.59. The Morgan fingerprint density at radius 1 is 1.19 bits per heavy atom. The molecule has 0 bridgehead atoms. The molecule has 2 aromatic heterocycles. The molecule has 0 atom stereocenters. The van der Waals surface area contributed by atoms with Crippen LogP contribution in [0.15, 0.2) is 12.3 Å². The van der Waals surface area contributed by atoms with Crippen molar-refractivity contribution in [1.29, 1.82) is 0 Å². The Morgan fingerprint density at radius 2 is 1.81 bits per heavy atom. The second-order valence-corrected chi connectivity index (χ2v) is 4.68. The number of hydrogen-bond donors (Lipinski definition) is 1. The molecular weight excluding hydrogens is 198 g/mol. The molecule has 0 spiro atoms. The molecule has 3 heteroatoms. The van der Waals surface area contributed by atoms with Gasteiger partial charge in [0.05, 0.1) is 5.69 Å². The number of aromatic amines is 1. The van der Waals surface area contributed by atoms with Crippen molar-refractivity contribution in [3.8, 4) is 0 Å². The molecule has 0 radical (unpaired) electrons. The maximum Gasteiger partial charge on any atom is 0.156 e. The molecular formula is C13H21N3. The van der Waals surface area contributed by atoms with E-state index >= 15 is 0 Å². The molecule has 2 aromatic rings. The van der Waals surface area contributed by atoms with Crippen LogP contribution in [0.1, 0.15) is 46.0 Å². The predicted molar refractivity (Wildman–Crippen MR) is 68.7 cm³/mol. The largest absolute Gasteiger partial charge is 0.341 e. The van der Waals surface area contributed by atoms with Gasteiger partial charge in [-0.1, -0.05) is 34.6 Å². The van der Waals surface area contributed by atoms with E-state index in [1.807, 2.05) is 20.8 Å². The van der Waals surface area contributed by atoms with Gasteiger partial charge in [0.25, 0.3) is 0 Å².